The van der Waals surface area contributed by atoms with E-state index in [0.29, 0.717) is 0 Å². The maximum atomic E-state index is 9.95. The fourth-order valence-corrected chi connectivity index (χ4v) is 0. The molecule has 0 spiro atoms. The minimum absolute atomic E-state index is 0. The summed E-state index contributed by atoms with van der Waals surface area (Å²) in [7, 11) is -10.9. The van der Waals surface area contributed by atoms with Crippen molar-refractivity contribution in [3.8, 4) is 0 Å². The fraction of sp³-hybridized carbons (Fsp3) is 0. The maximum absolute atomic E-state index is 9.95. The molecule has 0 heterocycles. The van der Waals surface area contributed by atoms with Crippen LogP contribution in [-0.2, 0) is 39.0 Å². The summed E-state index contributed by atoms with van der Waals surface area (Å²) in [4.78, 5) is 50.2. The van der Waals surface area contributed by atoms with Crippen molar-refractivity contribution in [3.05, 3.63) is 0 Å². The first kappa shape index (κ1) is 29.8. The topological polar surface area (TPSA) is 138 Å². The molecule has 90 valence electrons. The predicted octanol–water partition coefficient (Wildman–Crippen LogP) is -3.29. The van der Waals surface area contributed by atoms with E-state index in [4.69, 9.17) is 29.4 Å². The van der Waals surface area contributed by atoms with Crippen molar-refractivity contribution in [2.24, 2.45) is 0 Å². The molecule has 0 bridgehead atoms. The van der Waals surface area contributed by atoms with Gasteiger partial charge < -0.3 is 29.4 Å². The van der Waals surface area contributed by atoms with Gasteiger partial charge >= 0.3 is 39.0 Å². The molecule has 0 aromatic heterocycles. The summed E-state index contributed by atoms with van der Waals surface area (Å²) in [6.07, 6.45) is 0. The van der Waals surface area contributed by atoms with Gasteiger partial charge in [-0.05, 0) is 0 Å². The van der Waals surface area contributed by atoms with Gasteiger partial charge in [-0.25, -0.2) is 0 Å². The largest absolute Gasteiger partial charge is 3.00 e. The van der Waals surface area contributed by atoms with E-state index in [1.165, 1.54) is 0 Å². The average Bonchev–Trinajstić information content (AvgIpc) is 1.54. The summed E-state index contributed by atoms with van der Waals surface area (Å²) in [5.74, 6) is 0. The van der Waals surface area contributed by atoms with Gasteiger partial charge in [0, 0.05) is 0 Å². The van der Waals surface area contributed by atoms with Crippen LogP contribution in [0.2, 0.25) is 0 Å². The molecule has 0 atom stereocenters. The summed E-state index contributed by atoms with van der Waals surface area (Å²) in [5.41, 5.74) is 0. The van der Waals surface area contributed by atoms with Gasteiger partial charge in [0.1, 0.15) is 0 Å². The standard InChI is InChI=1S/3FO2P.2Rh/c3*1-4(2)3;;/q3*-2;2*+3. The monoisotopic (exact) mass is 452 g/mol. The average molecular weight is 452 g/mol. The van der Waals surface area contributed by atoms with Gasteiger partial charge in [0.2, 0.25) is 0 Å². The smallest absolute Gasteiger partial charge is 0.816 e. The van der Waals surface area contributed by atoms with Crippen molar-refractivity contribution in [2.45, 2.75) is 0 Å². The summed E-state index contributed by atoms with van der Waals surface area (Å²) in [6, 6.07) is 0. The van der Waals surface area contributed by atoms with Gasteiger partial charge in [0.05, 0.1) is 0 Å². The third-order valence-corrected chi connectivity index (χ3v) is 0. The van der Waals surface area contributed by atoms with E-state index in [1.807, 2.05) is 0 Å². The van der Waals surface area contributed by atoms with Crippen molar-refractivity contribution in [1.82, 2.24) is 0 Å². The van der Waals surface area contributed by atoms with Crippen LogP contribution >= 0.6 is 26.1 Å². The number of hydrogen-bond acceptors (Lipinski definition) is 6. The Hall–Kier alpha value is 2.09. The van der Waals surface area contributed by atoms with Crippen LogP contribution < -0.4 is 29.4 Å². The maximum Gasteiger partial charge on any atom is 3.00 e. The van der Waals surface area contributed by atoms with Crippen LogP contribution in [0.15, 0.2) is 0 Å². The zero-order chi connectivity index (χ0) is 10.7. The van der Waals surface area contributed by atoms with Crippen LogP contribution in [0.25, 0.3) is 0 Å². The molecule has 0 unspecified atom stereocenters. The summed E-state index contributed by atoms with van der Waals surface area (Å²) in [5, 5.41) is 0. The van der Waals surface area contributed by atoms with Gasteiger partial charge in [0.15, 0.2) is 0 Å². The first-order chi connectivity index (χ1) is 5.20. The Morgan fingerprint density at radius 3 is 0.500 bits per heavy atom. The van der Waals surface area contributed by atoms with E-state index in [9.17, 15) is 12.6 Å². The zero-order valence-corrected chi connectivity index (χ0v) is 11.6. The van der Waals surface area contributed by atoms with Gasteiger partial charge in [-0.1, -0.05) is 0 Å². The molecule has 0 aliphatic heterocycles. The molecule has 14 heavy (non-hydrogen) atoms. The molecule has 14 heteroatoms. The Morgan fingerprint density at radius 1 is 0.500 bits per heavy atom. The molecule has 0 aliphatic carbocycles. The number of hydrogen-bond donors (Lipinski definition) is 0. The van der Waals surface area contributed by atoms with Crippen LogP contribution in [0.1, 0.15) is 0 Å². The van der Waals surface area contributed by atoms with Crippen molar-refractivity contribution in [2.75, 3.05) is 0 Å². The minimum Gasteiger partial charge on any atom is -0.816 e. The molecule has 0 rings (SSSR count). The second-order valence-corrected chi connectivity index (χ2v) is 1.91. The molecule has 0 aliphatic rings. The van der Waals surface area contributed by atoms with E-state index in [0.717, 1.165) is 0 Å². The number of rotatable bonds is 0. The van der Waals surface area contributed by atoms with Crippen molar-refractivity contribution >= 4 is 26.1 Å². The van der Waals surface area contributed by atoms with E-state index >= 15 is 0 Å². The summed E-state index contributed by atoms with van der Waals surface area (Å²) in [6.45, 7) is 0. The first-order valence-electron chi connectivity index (χ1n) is 1.60. The quantitative estimate of drug-likeness (QED) is 0.279. The van der Waals surface area contributed by atoms with Crippen molar-refractivity contribution < 1.29 is 80.9 Å². The Balaban J connectivity index is -0.0000000270. The Bertz CT molecular complexity index is 54.8. The molecular formula is F3O6P3Rh2. The molecule has 0 fully saturated rings. The third kappa shape index (κ3) is 554. The molecular weight excluding hydrogens is 452 g/mol. The van der Waals surface area contributed by atoms with E-state index in [1.54, 1.807) is 0 Å². The summed E-state index contributed by atoms with van der Waals surface area (Å²) < 4.78 is 29.9. The SMILES string of the molecule is [O-]P([O-])F.[O-]P([O-])F.[O-]P([O-])F.[Rh+3].[Rh+3]. The fourth-order valence-electron chi connectivity index (χ4n) is 0. The van der Waals surface area contributed by atoms with E-state index in [-0.39, 0.29) is 39.0 Å². The van der Waals surface area contributed by atoms with Gasteiger partial charge in [-0.3, -0.25) is 12.6 Å². The predicted molar refractivity (Wildman–Crippen MR) is 24.1 cm³/mol. The normalized spacial score (nSPS) is 7.71. The van der Waals surface area contributed by atoms with E-state index < -0.39 is 26.1 Å². The second-order valence-electron chi connectivity index (χ2n) is 0.638. The molecule has 0 radical (unpaired) electrons. The molecule has 0 saturated carbocycles. The molecule has 0 aromatic rings. The Kier molecular flexibility index (Phi) is 51.8. The first-order valence-corrected chi connectivity index (χ1v) is 4.81. The van der Waals surface area contributed by atoms with Gasteiger partial charge in [0.25, 0.3) is 0 Å². The van der Waals surface area contributed by atoms with E-state index in [2.05, 4.69) is 0 Å². The number of halogens is 3. The molecule has 0 saturated heterocycles. The van der Waals surface area contributed by atoms with Crippen LogP contribution in [-0.4, -0.2) is 0 Å². The molecule has 6 nitrogen and oxygen atoms in total. The second kappa shape index (κ2) is 24.4. The van der Waals surface area contributed by atoms with Crippen LogP contribution in [0, 0.1) is 0 Å². The molecule has 0 N–H and O–H groups in total. The van der Waals surface area contributed by atoms with Crippen molar-refractivity contribution in [1.29, 1.82) is 0 Å². The van der Waals surface area contributed by atoms with Gasteiger partial charge in [-0.2, -0.15) is 0 Å². The third-order valence-electron chi connectivity index (χ3n) is 0. The Labute approximate surface area is 107 Å². The van der Waals surface area contributed by atoms with Crippen LogP contribution in [0.4, 0.5) is 12.6 Å². The zero-order valence-electron chi connectivity index (χ0n) is 5.59. The van der Waals surface area contributed by atoms with Crippen LogP contribution in [0.5, 0.6) is 0 Å². The van der Waals surface area contributed by atoms with Crippen molar-refractivity contribution in [3.63, 3.8) is 0 Å². The Morgan fingerprint density at radius 2 is 0.500 bits per heavy atom. The minimum atomic E-state index is -3.62. The molecule has 0 amide bonds. The van der Waals surface area contributed by atoms with Crippen LogP contribution in [0.3, 0.4) is 0 Å². The summed E-state index contributed by atoms with van der Waals surface area (Å²) >= 11 is 0. The molecule has 0 aromatic carbocycles. The van der Waals surface area contributed by atoms with Gasteiger partial charge in [-0.15, -0.1) is 26.1 Å².